The largest absolute Gasteiger partial charge is 0.453 e. The van der Waals surface area contributed by atoms with Gasteiger partial charge in [-0.1, -0.05) is 24.3 Å². The van der Waals surface area contributed by atoms with Gasteiger partial charge in [-0.15, -0.1) is 0 Å². The Balaban J connectivity index is 2.32. The van der Waals surface area contributed by atoms with Crippen molar-refractivity contribution in [3.8, 4) is 5.75 Å². The number of Topliss-reactive ketones (excluding diaryl/α,β-unsaturated/α-hetero) is 1. The van der Waals surface area contributed by atoms with Crippen molar-refractivity contribution >= 4 is 5.78 Å². The lowest BCUT2D eigenvalue weighted by Gasteiger charge is -2.15. The lowest BCUT2D eigenvalue weighted by Crippen LogP contribution is -2.13. The number of para-hydroxylation sites is 1. The zero-order valence-electron chi connectivity index (χ0n) is 9.20. The summed E-state index contributed by atoms with van der Waals surface area (Å²) in [7, 11) is 0. The maximum Gasteiger partial charge on any atom is 0.419 e. The Labute approximate surface area is 101 Å². The molecule has 94 valence electrons. The molecule has 5 heteroatoms. The van der Waals surface area contributed by atoms with Crippen LogP contribution in [0.3, 0.4) is 0 Å². The predicted molar refractivity (Wildman–Crippen MR) is 58.9 cm³/mol. The number of ether oxygens (including phenoxy) is 1. The molecule has 1 aliphatic carbocycles. The Morgan fingerprint density at radius 2 is 1.89 bits per heavy atom. The molecule has 0 saturated heterocycles. The normalized spacial score (nSPS) is 15.5. The second kappa shape index (κ2) is 4.68. The number of hydrogen-bond acceptors (Lipinski definition) is 2. The van der Waals surface area contributed by atoms with Crippen LogP contribution in [-0.2, 0) is 11.0 Å². The zero-order chi connectivity index (χ0) is 13.2. The van der Waals surface area contributed by atoms with Gasteiger partial charge in [0.25, 0.3) is 0 Å². The van der Waals surface area contributed by atoms with Crippen LogP contribution in [0.5, 0.6) is 5.75 Å². The fourth-order valence-corrected chi connectivity index (χ4v) is 1.52. The first kappa shape index (κ1) is 12.4. The molecule has 2 nitrogen and oxygen atoms in total. The number of hydrogen-bond donors (Lipinski definition) is 0. The topological polar surface area (TPSA) is 26.3 Å². The van der Waals surface area contributed by atoms with Gasteiger partial charge in [0, 0.05) is 6.42 Å². The number of ketones is 1. The molecule has 1 aromatic rings. The van der Waals surface area contributed by atoms with Gasteiger partial charge < -0.3 is 4.74 Å². The van der Waals surface area contributed by atoms with Crippen molar-refractivity contribution in [1.29, 1.82) is 0 Å². The van der Waals surface area contributed by atoms with E-state index in [0.29, 0.717) is 0 Å². The summed E-state index contributed by atoms with van der Waals surface area (Å²) in [5, 5.41) is 0. The Morgan fingerprint density at radius 3 is 2.56 bits per heavy atom. The van der Waals surface area contributed by atoms with Crippen LogP contribution in [0.25, 0.3) is 0 Å². The van der Waals surface area contributed by atoms with E-state index in [2.05, 4.69) is 0 Å². The number of allylic oxidation sites excluding steroid dienone is 4. The molecule has 0 N–H and O–H groups in total. The Morgan fingerprint density at radius 1 is 1.17 bits per heavy atom. The second-order valence-corrected chi connectivity index (χ2v) is 3.68. The maximum atomic E-state index is 12.7. The van der Waals surface area contributed by atoms with Gasteiger partial charge in [-0.2, -0.15) is 13.2 Å². The van der Waals surface area contributed by atoms with Crippen molar-refractivity contribution in [2.45, 2.75) is 12.6 Å². The lowest BCUT2D eigenvalue weighted by molar-refractivity contribution is -0.139. The Kier molecular flexibility index (Phi) is 3.23. The van der Waals surface area contributed by atoms with Crippen molar-refractivity contribution in [3.05, 3.63) is 53.8 Å². The first-order valence-electron chi connectivity index (χ1n) is 5.22. The zero-order valence-corrected chi connectivity index (χ0v) is 9.20. The number of carbonyl (C=O) groups is 1. The van der Waals surface area contributed by atoms with Crippen LogP contribution >= 0.6 is 0 Å². The molecule has 0 saturated carbocycles. The van der Waals surface area contributed by atoms with Gasteiger partial charge in [-0.05, 0) is 18.2 Å². The molecule has 2 rings (SSSR count). The molecule has 1 aromatic carbocycles. The van der Waals surface area contributed by atoms with Gasteiger partial charge in [0.05, 0.1) is 5.56 Å². The summed E-state index contributed by atoms with van der Waals surface area (Å²) in [5.74, 6) is -0.774. The number of benzene rings is 1. The first-order chi connectivity index (χ1) is 8.48. The number of alkyl halides is 3. The predicted octanol–water partition coefficient (Wildman–Crippen LogP) is 3.50. The van der Waals surface area contributed by atoms with E-state index in [1.165, 1.54) is 24.3 Å². The second-order valence-electron chi connectivity index (χ2n) is 3.68. The van der Waals surface area contributed by atoms with Gasteiger partial charge in [0.1, 0.15) is 5.75 Å². The standard InChI is InChI=1S/C13H9F3O2/c14-13(15,16)9-5-1-3-7-11(9)18-12-8-4-2-6-10(12)17/h1-5,7-8H,6H2. The van der Waals surface area contributed by atoms with Crippen LogP contribution in [0.15, 0.2) is 48.3 Å². The summed E-state index contributed by atoms with van der Waals surface area (Å²) in [6.07, 6.45) is 0.182. The molecule has 0 aliphatic heterocycles. The van der Waals surface area contributed by atoms with E-state index >= 15 is 0 Å². The van der Waals surface area contributed by atoms with Gasteiger partial charge in [0.15, 0.2) is 5.76 Å². The molecule has 0 bridgehead atoms. The SMILES string of the molecule is O=C1CC=CC=C1Oc1ccccc1C(F)(F)F. The molecule has 18 heavy (non-hydrogen) atoms. The highest BCUT2D eigenvalue weighted by Crippen LogP contribution is 2.36. The lowest BCUT2D eigenvalue weighted by atomic mass is 10.1. The number of halogens is 3. The van der Waals surface area contributed by atoms with Crippen LogP contribution in [-0.4, -0.2) is 5.78 Å². The Hall–Kier alpha value is -2.04. The van der Waals surface area contributed by atoms with Gasteiger partial charge in [-0.25, -0.2) is 0 Å². The molecule has 0 aromatic heterocycles. The third-order valence-electron chi connectivity index (χ3n) is 2.37. The fraction of sp³-hybridized carbons (Fsp3) is 0.154. The van der Waals surface area contributed by atoms with E-state index in [1.807, 2.05) is 0 Å². The van der Waals surface area contributed by atoms with Crippen molar-refractivity contribution < 1.29 is 22.7 Å². The summed E-state index contributed by atoms with van der Waals surface area (Å²) in [6.45, 7) is 0. The summed E-state index contributed by atoms with van der Waals surface area (Å²) in [6, 6.07) is 4.80. The van der Waals surface area contributed by atoms with Crippen molar-refractivity contribution in [1.82, 2.24) is 0 Å². The average Bonchev–Trinajstić information content (AvgIpc) is 2.31. The Bertz CT molecular complexity index is 527. The first-order valence-corrected chi connectivity index (χ1v) is 5.22. The molecule has 0 radical (unpaired) electrons. The number of carbonyl (C=O) groups excluding carboxylic acids is 1. The minimum atomic E-state index is -4.51. The highest BCUT2D eigenvalue weighted by atomic mass is 19.4. The van der Waals surface area contributed by atoms with Gasteiger partial charge in [0.2, 0.25) is 5.78 Å². The van der Waals surface area contributed by atoms with Crippen LogP contribution in [0.2, 0.25) is 0 Å². The van der Waals surface area contributed by atoms with E-state index in [0.717, 1.165) is 6.07 Å². The average molecular weight is 254 g/mol. The highest BCUT2D eigenvalue weighted by Gasteiger charge is 2.34. The van der Waals surface area contributed by atoms with E-state index in [1.54, 1.807) is 12.2 Å². The van der Waals surface area contributed by atoms with E-state index in [-0.39, 0.29) is 23.7 Å². The smallest absolute Gasteiger partial charge is 0.419 e. The third kappa shape index (κ3) is 2.61. The molecule has 0 amide bonds. The van der Waals surface area contributed by atoms with Crippen molar-refractivity contribution in [2.24, 2.45) is 0 Å². The van der Waals surface area contributed by atoms with E-state index in [9.17, 15) is 18.0 Å². The van der Waals surface area contributed by atoms with Crippen LogP contribution < -0.4 is 4.74 Å². The molecule has 1 aliphatic rings. The fourth-order valence-electron chi connectivity index (χ4n) is 1.52. The molecule has 0 heterocycles. The van der Waals surface area contributed by atoms with Crippen LogP contribution in [0.1, 0.15) is 12.0 Å². The third-order valence-corrected chi connectivity index (χ3v) is 2.37. The molecular formula is C13H9F3O2. The summed E-state index contributed by atoms with van der Waals surface area (Å²) >= 11 is 0. The van der Waals surface area contributed by atoms with Gasteiger partial charge >= 0.3 is 6.18 Å². The summed E-state index contributed by atoms with van der Waals surface area (Å²) in [4.78, 5) is 11.4. The number of rotatable bonds is 2. The van der Waals surface area contributed by atoms with Crippen molar-refractivity contribution in [3.63, 3.8) is 0 Å². The minimum Gasteiger partial charge on any atom is -0.453 e. The quantitative estimate of drug-likeness (QED) is 0.807. The minimum absolute atomic E-state index is 0.0748. The maximum absolute atomic E-state index is 12.7. The summed E-state index contributed by atoms with van der Waals surface area (Å²) < 4.78 is 43.2. The van der Waals surface area contributed by atoms with Gasteiger partial charge in [-0.3, -0.25) is 4.79 Å². The molecule has 0 unspecified atom stereocenters. The van der Waals surface area contributed by atoms with Crippen LogP contribution in [0.4, 0.5) is 13.2 Å². The monoisotopic (exact) mass is 254 g/mol. The molecule has 0 atom stereocenters. The van der Waals surface area contributed by atoms with Crippen LogP contribution in [0, 0.1) is 0 Å². The molecule has 0 spiro atoms. The highest BCUT2D eigenvalue weighted by molar-refractivity contribution is 5.96. The van der Waals surface area contributed by atoms with Crippen molar-refractivity contribution in [2.75, 3.05) is 0 Å². The summed E-state index contributed by atoms with van der Waals surface area (Å²) in [5.41, 5.74) is -0.895. The molecule has 0 fully saturated rings. The van der Waals surface area contributed by atoms with E-state index < -0.39 is 11.7 Å². The van der Waals surface area contributed by atoms with E-state index in [4.69, 9.17) is 4.74 Å². The molecular weight excluding hydrogens is 245 g/mol.